The second-order valence-corrected chi connectivity index (χ2v) is 8.12. The van der Waals surface area contributed by atoms with Crippen molar-refractivity contribution in [1.82, 2.24) is 0 Å². The van der Waals surface area contributed by atoms with Crippen molar-refractivity contribution < 1.29 is 14.2 Å². The lowest BCUT2D eigenvalue weighted by Crippen LogP contribution is -2.08. The van der Waals surface area contributed by atoms with Gasteiger partial charge in [0, 0.05) is 6.07 Å². The molecule has 4 nitrogen and oxygen atoms in total. The van der Waals surface area contributed by atoms with Crippen LogP contribution < -0.4 is 14.2 Å². The summed E-state index contributed by atoms with van der Waals surface area (Å²) in [7, 11) is 0. The summed E-state index contributed by atoms with van der Waals surface area (Å²) in [5.74, 6) is 2.33. The lowest BCUT2D eigenvalue weighted by atomic mass is 9.89. The molecule has 4 heteroatoms. The molecule has 0 atom stereocenters. The minimum Gasteiger partial charge on any atom is -0.493 e. The van der Waals surface area contributed by atoms with Crippen molar-refractivity contribution in [3.05, 3.63) is 53.6 Å². The van der Waals surface area contributed by atoms with Gasteiger partial charge in [0.25, 0.3) is 0 Å². The third kappa shape index (κ3) is 7.63. The van der Waals surface area contributed by atoms with Gasteiger partial charge in [-0.1, -0.05) is 50.1 Å². The first-order chi connectivity index (χ1) is 14.5. The minimum atomic E-state index is -0.240. The van der Waals surface area contributed by atoms with E-state index in [4.69, 9.17) is 19.5 Å². The Hall–Kier alpha value is -2.67. The molecule has 2 aromatic rings. The Kier molecular flexibility index (Phi) is 9.54. The van der Waals surface area contributed by atoms with E-state index >= 15 is 0 Å². The Balaban J connectivity index is 1.98. The molecule has 2 aromatic carbocycles. The largest absolute Gasteiger partial charge is 0.493 e. The number of aryl methyl sites for hydroxylation is 1. The Morgan fingerprint density at radius 2 is 1.60 bits per heavy atom. The number of nitriles is 1. The summed E-state index contributed by atoms with van der Waals surface area (Å²) in [5.41, 5.74) is 1.99. The molecule has 0 aliphatic heterocycles. The van der Waals surface area contributed by atoms with E-state index in [0.717, 1.165) is 54.7 Å². The van der Waals surface area contributed by atoms with Crippen LogP contribution in [-0.2, 0) is 13.0 Å². The van der Waals surface area contributed by atoms with Gasteiger partial charge in [0.15, 0.2) is 11.5 Å². The van der Waals surface area contributed by atoms with Gasteiger partial charge < -0.3 is 14.2 Å². The van der Waals surface area contributed by atoms with Gasteiger partial charge in [-0.25, -0.2) is 0 Å². The third-order valence-corrected chi connectivity index (χ3v) is 5.05. The Bertz CT molecular complexity index is 809. The van der Waals surface area contributed by atoms with Gasteiger partial charge in [-0.2, -0.15) is 5.26 Å². The minimum absolute atomic E-state index is 0.240. The second kappa shape index (κ2) is 12.1. The zero-order valence-electron chi connectivity index (χ0n) is 18.9. The summed E-state index contributed by atoms with van der Waals surface area (Å²) in [5, 5.41) is 9.11. The molecule has 0 spiro atoms. The molecule has 0 heterocycles. The highest BCUT2D eigenvalue weighted by atomic mass is 16.5. The highest BCUT2D eigenvalue weighted by molar-refractivity contribution is 5.51. The van der Waals surface area contributed by atoms with E-state index in [1.54, 1.807) is 0 Å². The predicted octanol–water partition coefficient (Wildman–Crippen LogP) is 6.72. The van der Waals surface area contributed by atoms with Gasteiger partial charge in [-0.3, -0.25) is 0 Å². The van der Waals surface area contributed by atoms with Crippen LogP contribution in [0.2, 0.25) is 0 Å². The zero-order valence-corrected chi connectivity index (χ0v) is 18.9. The summed E-state index contributed by atoms with van der Waals surface area (Å²) in [6, 6.07) is 16.5. The molecule has 0 fully saturated rings. The maximum atomic E-state index is 9.11. The summed E-state index contributed by atoms with van der Waals surface area (Å²) in [6.45, 7) is 9.82. The summed E-state index contributed by atoms with van der Waals surface area (Å²) in [6.07, 6.45) is 4.85. The van der Waals surface area contributed by atoms with Gasteiger partial charge in [-0.05, 0) is 57.2 Å². The molecular weight excluding hydrogens is 374 g/mol. The molecule has 162 valence electrons. The standard InChI is InChI=1S/C26H35NO3/c1-5-22-17-24(28-6-2)25(30-19-21-13-9-7-10-14-21)18-23(22)29-16-12-8-11-15-26(3,4)20-27/h7,9-10,13-14,17-18H,5-6,8,11-12,15-16,19H2,1-4H3. The van der Waals surface area contributed by atoms with Crippen molar-refractivity contribution in [2.45, 2.75) is 66.4 Å². The first-order valence-electron chi connectivity index (χ1n) is 11.0. The van der Waals surface area contributed by atoms with Crippen LogP contribution in [0.3, 0.4) is 0 Å². The van der Waals surface area contributed by atoms with Gasteiger partial charge in [-0.15, -0.1) is 0 Å². The van der Waals surface area contributed by atoms with E-state index < -0.39 is 0 Å². The molecule has 0 aromatic heterocycles. The van der Waals surface area contributed by atoms with Crippen LogP contribution in [-0.4, -0.2) is 13.2 Å². The van der Waals surface area contributed by atoms with E-state index in [1.165, 1.54) is 0 Å². The number of nitrogens with zero attached hydrogens (tertiary/aromatic N) is 1. The van der Waals surface area contributed by atoms with Crippen LogP contribution in [0.4, 0.5) is 0 Å². The molecular formula is C26H35NO3. The van der Waals surface area contributed by atoms with Crippen LogP contribution in [0.15, 0.2) is 42.5 Å². The molecule has 0 aliphatic carbocycles. The topological polar surface area (TPSA) is 51.5 Å². The second-order valence-electron chi connectivity index (χ2n) is 8.12. The number of unbranched alkanes of at least 4 members (excludes halogenated alkanes) is 2. The molecule has 0 bridgehead atoms. The van der Waals surface area contributed by atoms with E-state index in [2.05, 4.69) is 13.0 Å². The van der Waals surface area contributed by atoms with Crippen molar-refractivity contribution in [3.63, 3.8) is 0 Å². The first-order valence-corrected chi connectivity index (χ1v) is 11.0. The van der Waals surface area contributed by atoms with Crippen molar-refractivity contribution in [3.8, 4) is 23.3 Å². The molecule has 0 aliphatic rings. The van der Waals surface area contributed by atoms with Crippen LogP contribution in [0.25, 0.3) is 0 Å². The summed E-state index contributed by atoms with van der Waals surface area (Å²) in [4.78, 5) is 0. The Labute approximate surface area is 181 Å². The highest BCUT2D eigenvalue weighted by Crippen LogP contribution is 2.36. The molecule has 0 saturated carbocycles. The smallest absolute Gasteiger partial charge is 0.165 e. The summed E-state index contributed by atoms with van der Waals surface area (Å²) < 4.78 is 18.0. The first kappa shape index (κ1) is 23.6. The number of benzene rings is 2. The molecule has 0 N–H and O–H groups in total. The molecule has 30 heavy (non-hydrogen) atoms. The number of rotatable bonds is 13. The van der Waals surface area contributed by atoms with E-state index in [1.807, 2.05) is 63.2 Å². The van der Waals surface area contributed by atoms with Gasteiger partial charge in [0.05, 0.1) is 24.7 Å². The number of hydrogen-bond donors (Lipinski definition) is 0. The fourth-order valence-electron chi connectivity index (χ4n) is 3.19. The predicted molar refractivity (Wildman–Crippen MR) is 121 cm³/mol. The van der Waals surface area contributed by atoms with Crippen LogP contribution in [0.5, 0.6) is 17.2 Å². The fraction of sp³-hybridized carbons (Fsp3) is 0.500. The zero-order chi connectivity index (χ0) is 21.8. The maximum absolute atomic E-state index is 9.11. The highest BCUT2D eigenvalue weighted by Gasteiger charge is 2.16. The molecule has 0 saturated heterocycles. The van der Waals surface area contributed by atoms with Crippen LogP contribution in [0, 0.1) is 16.7 Å². The Morgan fingerprint density at radius 1 is 0.867 bits per heavy atom. The van der Waals surface area contributed by atoms with Crippen molar-refractivity contribution in [2.24, 2.45) is 5.41 Å². The normalized spacial score (nSPS) is 11.0. The lowest BCUT2D eigenvalue weighted by Gasteiger charge is -2.17. The van der Waals surface area contributed by atoms with E-state index in [-0.39, 0.29) is 5.41 Å². The molecule has 0 amide bonds. The van der Waals surface area contributed by atoms with Crippen molar-refractivity contribution in [2.75, 3.05) is 13.2 Å². The fourth-order valence-corrected chi connectivity index (χ4v) is 3.19. The van der Waals surface area contributed by atoms with Crippen molar-refractivity contribution >= 4 is 0 Å². The third-order valence-electron chi connectivity index (χ3n) is 5.05. The van der Waals surface area contributed by atoms with E-state index in [0.29, 0.717) is 25.6 Å². The number of ether oxygens (including phenoxy) is 3. The molecule has 0 radical (unpaired) electrons. The average molecular weight is 410 g/mol. The lowest BCUT2D eigenvalue weighted by molar-refractivity contribution is 0.261. The van der Waals surface area contributed by atoms with E-state index in [9.17, 15) is 0 Å². The monoisotopic (exact) mass is 409 g/mol. The Morgan fingerprint density at radius 3 is 2.27 bits per heavy atom. The quantitative estimate of drug-likeness (QED) is 0.345. The summed E-state index contributed by atoms with van der Waals surface area (Å²) >= 11 is 0. The number of hydrogen-bond acceptors (Lipinski definition) is 4. The molecule has 0 unspecified atom stereocenters. The van der Waals surface area contributed by atoms with Gasteiger partial charge in [0.1, 0.15) is 12.4 Å². The molecule has 2 rings (SSSR count). The van der Waals surface area contributed by atoms with Crippen LogP contribution >= 0.6 is 0 Å². The van der Waals surface area contributed by atoms with Gasteiger partial charge in [0.2, 0.25) is 0 Å². The van der Waals surface area contributed by atoms with Gasteiger partial charge >= 0.3 is 0 Å². The van der Waals surface area contributed by atoms with Crippen molar-refractivity contribution in [1.29, 1.82) is 5.26 Å². The average Bonchev–Trinajstić information content (AvgIpc) is 2.76. The SMILES string of the molecule is CCOc1cc(CC)c(OCCCCCC(C)(C)C#N)cc1OCc1ccccc1. The maximum Gasteiger partial charge on any atom is 0.165 e. The van der Waals surface area contributed by atoms with Crippen LogP contribution in [0.1, 0.15) is 64.5 Å².